The Labute approximate surface area is 332 Å². The molecule has 9 heteroatoms. The molecular formula is C46H73NO8. The van der Waals surface area contributed by atoms with Crippen LogP contribution in [-0.2, 0) is 14.3 Å². The van der Waals surface area contributed by atoms with Crippen molar-refractivity contribution in [1.82, 2.24) is 5.32 Å². The molecule has 55 heavy (non-hydrogen) atoms. The summed E-state index contributed by atoms with van der Waals surface area (Å²) < 4.78 is 11.1. The number of ether oxygens (including phenoxy) is 2. The van der Waals surface area contributed by atoms with E-state index in [0.717, 1.165) is 64.2 Å². The van der Waals surface area contributed by atoms with Gasteiger partial charge >= 0.3 is 0 Å². The SMILES string of the molecule is CC/C=C\C/C=C\C/C=C\C/C=C\C/C=C\C/C=C\CCC(=O)NC(COC1OC(CO)C(O)C(O)C1O)C(O)/C=C/CC/C=C/CC/C=C/CCCCC. The van der Waals surface area contributed by atoms with E-state index in [9.17, 15) is 30.3 Å². The van der Waals surface area contributed by atoms with Crippen LogP contribution >= 0.6 is 0 Å². The fourth-order valence-electron chi connectivity index (χ4n) is 5.50. The van der Waals surface area contributed by atoms with Crippen molar-refractivity contribution in [1.29, 1.82) is 0 Å². The average Bonchev–Trinajstić information content (AvgIpc) is 3.18. The van der Waals surface area contributed by atoms with E-state index < -0.39 is 49.5 Å². The second-order valence-corrected chi connectivity index (χ2v) is 13.7. The van der Waals surface area contributed by atoms with Gasteiger partial charge in [-0.15, -0.1) is 0 Å². The number of unbranched alkanes of at least 4 members (excludes halogenated alkanes) is 5. The smallest absolute Gasteiger partial charge is 0.220 e. The molecule has 1 rings (SSSR count). The summed E-state index contributed by atoms with van der Waals surface area (Å²) in [5.41, 5.74) is 0. The van der Waals surface area contributed by atoms with Gasteiger partial charge in [0.2, 0.25) is 5.91 Å². The van der Waals surface area contributed by atoms with Gasteiger partial charge in [-0.2, -0.15) is 0 Å². The molecule has 0 aliphatic carbocycles. The Morgan fingerprint density at radius 3 is 1.65 bits per heavy atom. The van der Waals surface area contributed by atoms with Gasteiger partial charge in [-0.25, -0.2) is 0 Å². The maximum absolute atomic E-state index is 12.9. The van der Waals surface area contributed by atoms with Gasteiger partial charge in [-0.3, -0.25) is 4.79 Å². The third-order valence-electron chi connectivity index (χ3n) is 8.82. The highest BCUT2D eigenvalue weighted by Crippen LogP contribution is 2.22. The molecule has 1 amide bonds. The van der Waals surface area contributed by atoms with E-state index in [1.807, 2.05) is 18.2 Å². The third kappa shape index (κ3) is 26.4. The van der Waals surface area contributed by atoms with Crippen molar-refractivity contribution in [2.45, 2.75) is 159 Å². The lowest BCUT2D eigenvalue weighted by molar-refractivity contribution is -0.302. The molecule has 310 valence electrons. The first-order chi connectivity index (χ1) is 26.8. The van der Waals surface area contributed by atoms with Crippen molar-refractivity contribution in [3.8, 4) is 0 Å². The molecular weight excluding hydrogens is 695 g/mol. The molecule has 0 spiro atoms. The number of aliphatic hydroxyl groups excluding tert-OH is 5. The van der Waals surface area contributed by atoms with E-state index >= 15 is 0 Å². The Balaban J connectivity index is 2.52. The first kappa shape index (κ1) is 49.9. The number of carbonyl (C=O) groups is 1. The number of allylic oxidation sites excluding steroid dienone is 17. The number of carbonyl (C=O) groups excluding carboxylic acids is 1. The maximum atomic E-state index is 12.9. The van der Waals surface area contributed by atoms with Crippen molar-refractivity contribution < 1.29 is 39.8 Å². The average molecular weight is 768 g/mol. The van der Waals surface area contributed by atoms with Crippen LogP contribution in [0.1, 0.15) is 117 Å². The van der Waals surface area contributed by atoms with Gasteiger partial charge in [-0.1, -0.05) is 136 Å². The number of nitrogens with one attached hydrogen (secondary N) is 1. The first-order valence-corrected chi connectivity index (χ1v) is 20.6. The monoisotopic (exact) mass is 768 g/mol. The molecule has 0 aromatic carbocycles. The fourth-order valence-corrected chi connectivity index (χ4v) is 5.50. The zero-order valence-electron chi connectivity index (χ0n) is 33.6. The molecule has 1 saturated heterocycles. The summed E-state index contributed by atoms with van der Waals surface area (Å²) in [5, 5.41) is 53.9. The summed E-state index contributed by atoms with van der Waals surface area (Å²) in [7, 11) is 0. The van der Waals surface area contributed by atoms with E-state index in [4.69, 9.17) is 9.47 Å². The zero-order chi connectivity index (χ0) is 40.2. The third-order valence-corrected chi connectivity index (χ3v) is 8.82. The van der Waals surface area contributed by atoms with Crippen molar-refractivity contribution >= 4 is 5.91 Å². The Morgan fingerprint density at radius 2 is 1.13 bits per heavy atom. The van der Waals surface area contributed by atoms with Gasteiger partial charge in [0.05, 0.1) is 25.4 Å². The molecule has 1 fully saturated rings. The van der Waals surface area contributed by atoms with Crippen molar-refractivity contribution in [2.24, 2.45) is 0 Å². The van der Waals surface area contributed by atoms with Gasteiger partial charge in [0, 0.05) is 6.42 Å². The second kappa shape index (κ2) is 35.3. The normalized spacial score (nSPS) is 22.5. The van der Waals surface area contributed by atoms with Crippen LogP contribution in [0.3, 0.4) is 0 Å². The molecule has 6 N–H and O–H groups in total. The van der Waals surface area contributed by atoms with Gasteiger partial charge in [-0.05, 0) is 83.5 Å². The molecule has 7 unspecified atom stereocenters. The van der Waals surface area contributed by atoms with Crippen molar-refractivity contribution in [3.63, 3.8) is 0 Å². The zero-order valence-corrected chi connectivity index (χ0v) is 33.6. The predicted molar refractivity (Wildman–Crippen MR) is 225 cm³/mol. The standard InChI is InChI=1S/C46H73NO8/c1-3-5-7-9-11-13-15-17-18-19-20-21-22-24-26-28-30-32-34-36-42(50)47-39(38-54-46-45(53)44(52)43(51)41(37-48)55-46)40(49)35-33-31-29-27-25-23-16-14-12-10-8-6-4-2/h5,7,11-14,17-18,20-21,24-27,30,32-33,35,39-41,43-46,48-49,51-53H,3-4,6,8-10,15-16,19,22-23,28-29,31,34,36-38H2,1-2H3,(H,47,50)/b7-5-,13-11-,14-12+,18-17-,21-20-,26-24-,27-25+,32-30-,35-33+. The van der Waals surface area contributed by atoms with E-state index in [0.29, 0.717) is 12.8 Å². The lowest BCUT2D eigenvalue weighted by atomic mass is 9.99. The summed E-state index contributed by atoms with van der Waals surface area (Å²) >= 11 is 0. The molecule has 0 bridgehead atoms. The van der Waals surface area contributed by atoms with Crippen LogP contribution in [0.5, 0.6) is 0 Å². The van der Waals surface area contributed by atoms with E-state index in [2.05, 4.69) is 104 Å². The van der Waals surface area contributed by atoms with Gasteiger partial charge in [0.25, 0.3) is 0 Å². The largest absolute Gasteiger partial charge is 0.394 e. The van der Waals surface area contributed by atoms with Crippen LogP contribution in [0.15, 0.2) is 109 Å². The van der Waals surface area contributed by atoms with E-state index in [1.54, 1.807) is 6.08 Å². The molecule has 0 radical (unpaired) electrons. The van der Waals surface area contributed by atoms with Crippen LogP contribution in [0, 0.1) is 0 Å². The van der Waals surface area contributed by atoms with Gasteiger partial charge in [0.1, 0.15) is 24.4 Å². The summed E-state index contributed by atoms with van der Waals surface area (Å²) in [5.74, 6) is -0.281. The Kier molecular flexibility index (Phi) is 32.0. The Morgan fingerprint density at radius 1 is 0.636 bits per heavy atom. The molecule has 0 saturated carbocycles. The van der Waals surface area contributed by atoms with Crippen LogP contribution in [0.2, 0.25) is 0 Å². The topological polar surface area (TPSA) is 149 Å². The summed E-state index contributed by atoms with van der Waals surface area (Å²) in [4.78, 5) is 12.9. The Hall–Kier alpha value is -3.15. The number of rotatable bonds is 31. The van der Waals surface area contributed by atoms with Gasteiger partial charge < -0.3 is 40.3 Å². The number of amides is 1. The molecule has 0 aromatic rings. The number of hydrogen-bond acceptors (Lipinski definition) is 8. The summed E-state index contributed by atoms with van der Waals surface area (Å²) in [6.45, 7) is 3.51. The molecule has 0 aromatic heterocycles. The maximum Gasteiger partial charge on any atom is 0.220 e. The molecule has 1 aliphatic rings. The lowest BCUT2D eigenvalue weighted by Gasteiger charge is -2.40. The predicted octanol–water partition coefficient (Wildman–Crippen LogP) is 7.94. The van der Waals surface area contributed by atoms with Crippen LogP contribution < -0.4 is 5.32 Å². The van der Waals surface area contributed by atoms with Crippen LogP contribution in [-0.4, -0.2) is 87.5 Å². The van der Waals surface area contributed by atoms with Crippen LogP contribution in [0.4, 0.5) is 0 Å². The van der Waals surface area contributed by atoms with Crippen LogP contribution in [0.25, 0.3) is 0 Å². The summed E-state index contributed by atoms with van der Waals surface area (Å²) in [6, 6.07) is -0.874. The highest BCUT2D eigenvalue weighted by Gasteiger charge is 2.44. The Bertz CT molecular complexity index is 1210. The molecule has 1 heterocycles. The summed E-state index contributed by atoms with van der Waals surface area (Å²) in [6.07, 6.45) is 44.3. The van der Waals surface area contributed by atoms with Crippen molar-refractivity contribution in [2.75, 3.05) is 13.2 Å². The minimum absolute atomic E-state index is 0.202. The van der Waals surface area contributed by atoms with E-state index in [-0.39, 0.29) is 18.9 Å². The minimum atomic E-state index is -1.59. The molecule has 9 nitrogen and oxygen atoms in total. The number of hydrogen-bond donors (Lipinski definition) is 6. The first-order valence-electron chi connectivity index (χ1n) is 20.6. The molecule has 1 aliphatic heterocycles. The lowest BCUT2D eigenvalue weighted by Crippen LogP contribution is -2.60. The van der Waals surface area contributed by atoms with E-state index in [1.165, 1.54) is 19.3 Å². The number of aliphatic hydroxyl groups is 5. The van der Waals surface area contributed by atoms with Crippen molar-refractivity contribution in [3.05, 3.63) is 109 Å². The second-order valence-electron chi connectivity index (χ2n) is 13.7. The highest BCUT2D eigenvalue weighted by molar-refractivity contribution is 5.76. The highest BCUT2D eigenvalue weighted by atomic mass is 16.7. The molecule has 7 atom stereocenters. The minimum Gasteiger partial charge on any atom is -0.394 e. The fraction of sp³-hybridized carbons (Fsp3) is 0.587. The quantitative estimate of drug-likeness (QED) is 0.0308. The van der Waals surface area contributed by atoms with Gasteiger partial charge in [0.15, 0.2) is 6.29 Å².